The smallest absolute Gasteiger partial charge is 0.106 e. The molecule has 2 N–H and O–H groups in total. The van der Waals surface area contributed by atoms with Crippen LogP contribution in [0.3, 0.4) is 0 Å². The average Bonchev–Trinajstić information content (AvgIpc) is 2.63. The molecule has 1 aromatic carbocycles. The van der Waals surface area contributed by atoms with Crippen molar-refractivity contribution in [2.24, 2.45) is 0 Å². The van der Waals surface area contributed by atoms with E-state index in [1.165, 1.54) is 24.0 Å². The summed E-state index contributed by atoms with van der Waals surface area (Å²) in [6.07, 6.45) is 3.91. The molecule has 0 amide bonds. The van der Waals surface area contributed by atoms with Crippen molar-refractivity contribution >= 4 is 32.9 Å². The molecule has 4 heteroatoms. The lowest BCUT2D eigenvalue weighted by Gasteiger charge is -2.36. The molecule has 0 bridgehead atoms. The van der Waals surface area contributed by atoms with Gasteiger partial charge >= 0.3 is 0 Å². The molecule has 0 saturated heterocycles. The number of aromatic nitrogens is 1. The van der Waals surface area contributed by atoms with Crippen LogP contribution < -0.4 is 10.6 Å². The standard InChI is InChI=1S/C12H15N3S/c1-15(8-3-2-4-8)9-5-6-10-12(11(9)13)14-7-16-10/h5-8H,2-4,13H2,1H3. The van der Waals surface area contributed by atoms with Gasteiger partial charge in [-0.05, 0) is 31.4 Å². The molecule has 3 nitrogen and oxygen atoms in total. The van der Waals surface area contributed by atoms with Crippen LogP contribution in [-0.4, -0.2) is 18.1 Å². The zero-order chi connectivity index (χ0) is 11.1. The lowest BCUT2D eigenvalue weighted by atomic mass is 9.91. The highest BCUT2D eigenvalue weighted by Crippen LogP contribution is 2.36. The summed E-state index contributed by atoms with van der Waals surface area (Å²) in [5.41, 5.74) is 10.9. The molecule has 0 radical (unpaired) electrons. The number of thiazole rings is 1. The van der Waals surface area contributed by atoms with Crippen LogP contribution in [0.4, 0.5) is 11.4 Å². The van der Waals surface area contributed by atoms with Crippen LogP contribution in [-0.2, 0) is 0 Å². The van der Waals surface area contributed by atoms with Gasteiger partial charge in [-0.3, -0.25) is 0 Å². The highest BCUT2D eigenvalue weighted by atomic mass is 32.1. The number of fused-ring (bicyclic) bond motifs is 1. The molecule has 1 aliphatic rings. The van der Waals surface area contributed by atoms with Gasteiger partial charge in [0, 0.05) is 13.1 Å². The molecule has 1 aromatic heterocycles. The van der Waals surface area contributed by atoms with Gasteiger partial charge < -0.3 is 10.6 Å². The maximum atomic E-state index is 6.18. The number of nitrogens with two attached hydrogens (primary N) is 1. The predicted octanol–water partition coefficient (Wildman–Crippen LogP) is 2.87. The summed E-state index contributed by atoms with van der Waals surface area (Å²) in [4.78, 5) is 6.63. The maximum Gasteiger partial charge on any atom is 0.106 e. The normalized spacial score (nSPS) is 16.3. The fraction of sp³-hybridized carbons (Fsp3) is 0.417. The van der Waals surface area contributed by atoms with Crippen molar-refractivity contribution in [3.63, 3.8) is 0 Å². The van der Waals surface area contributed by atoms with Crippen molar-refractivity contribution < 1.29 is 0 Å². The summed E-state index contributed by atoms with van der Waals surface area (Å²) in [6, 6.07) is 4.90. The van der Waals surface area contributed by atoms with Gasteiger partial charge in [-0.2, -0.15) is 0 Å². The van der Waals surface area contributed by atoms with E-state index < -0.39 is 0 Å². The third-order valence-corrected chi connectivity index (χ3v) is 4.32. The zero-order valence-corrected chi connectivity index (χ0v) is 10.1. The summed E-state index contributed by atoms with van der Waals surface area (Å²) < 4.78 is 1.17. The minimum Gasteiger partial charge on any atom is -0.395 e. The first-order chi connectivity index (χ1) is 7.77. The van der Waals surface area contributed by atoms with Crippen molar-refractivity contribution in [1.82, 2.24) is 4.98 Å². The van der Waals surface area contributed by atoms with Gasteiger partial charge in [0.05, 0.1) is 21.6 Å². The zero-order valence-electron chi connectivity index (χ0n) is 9.31. The second-order valence-corrected chi connectivity index (χ2v) is 5.28. The maximum absolute atomic E-state index is 6.18. The Balaban J connectivity index is 2.05. The van der Waals surface area contributed by atoms with E-state index in [0.717, 1.165) is 16.9 Å². The molecule has 1 heterocycles. The van der Waals surface area contributed by atoms with Crippen LogP contribution in [0.15, 0.2) is 17.6 Å². The highest BCUT2D eigenvalue weighted by Gasteiger charge is 2.24. The number of nitrogens with zero attached hydrogens (tertiary/aromatic N) is 2. The van der Waals surface area contributed by atoms with Crippen LogP contribution in [0.25, 0.3) is 10.2 Å². The first-order valence-corrected chi connectivity index (χ1v) is 6.50. The molecular weight excluding hydrogens is 218 g/mol. The van der Waals surface area contributed by atoms with Crippen molar-refractivity contribution in [2.75, 3.05) is 17.7 Å². The molecule has 84 valence electrons. The van der Waals surface area contributed by atoms with E-state index >= 15 is 0 Å². The molecule has 2 aromatic rings. The van der Waals surface area contributed by atoms with Gasteiger partial charge in [0.2, 0.25) is 0 Å². The number of hydrogen-bond donors (Lipinski definition) is 1. The van der Waals surface area contributed by atoms with E-state index in [9.17, 15) is 0 Å². The van der Waals surface area contributed by atoms with Crippen molar-refractivity contribution in [1.29, 1.82) is 0 Å². The molecule has 0 atom stereocenters. The first kappa shape index (κ1) is 9.90. The number of hydrogen-bond acceptors (Lipinski definition) is 4. The fourth-order valence-electron chi connectivity index (χ4n) is 2.22. The van der Waals surface area contributed by atoms with Crippen molar-refractivity contribution in [3.05, 3.63) is 17.6 Å². The Labute approximate surface area is 98.9 Å². The van der Waals surface area contributed by atoms with Crippen LogP contribution in [0.5, 0.6) is 0 Å². The molecule has 0 spiro atoms. The average molecular weight is 233 g/mol. The highest BCUT2D eigenvalue weighted by molar-refractivity contribution is 7.16. The first-order valence-electron chi connectivity index (χ1n) is 5.62. The monoisotopic (exact) mass is 233 g/mol. The van der Waals surface area contributed by atoms with Crippen molar-refractivity contribution in [3.8, 4) is 0 Å². The van der Waals surface area contributed by atoms with Gasteiger partial charge in [-0.15, -0.1) is 11.3 Å². The molecule has 1 saturated carbocycles. The number of benzene rings is 1. The van der Waals surface area contributed by atoms with Crippen LogP contribution in [0.2, 0.25) is 0 Å². The lowest BCUT2D eigenvalue weighted by molar-refractivity contribution is 0.401. The second-order valence-electron chi connectivity index (χ2n) is 4.39. The summed E-state index contributed by atoms with van der Waals surface area (Å²) >= 11 is 1.64. The fourth-order valence-corrected chi connectivity index (χ4v) is 2.91. The number of anilines is 2. The summed E-state index contributed by atoms with van der Waals surface area (Å²) in [7, 11) is 2.13. The van der Waals surface area contributed by atoms with Crippen molar-refractivity contribution in [2.45, 2.75) is 25.3 Å². The molecule has 0 unspecified atom stereocenters. The molecule has 0 aliphatic heterocycles. The Kier molecular flexibility index (Phi) is 2.24. The van der Waals surface area contributed by atoms with Gasteiger partial charge in [0.15, 0.2) is 0 Å². The Morgan fingerprint density at radius 2 is 2.25 bits per heavy atom. The molecule has 3 rings (SSSR count). The Morgan fingerprint density at radius 3 is 2.94 bits per heavy atom. The molecule has 16 heavy (non-hydrogen) atoms. The third-order valence-electron chi connectivity index (χ3n) is 3.52. The molecule has 1 fully saturated rings. The van der Waals surface area contributed by atoms with Gasteiger partial charge in [-0.1, -0.05) is 0 Å². The van der Waals surface area contributed by atoms with Gasteiger partial charge in [0.25, 0.3) is 0 Å². The SMILES string of the molecule is CN(c1ccc2scnc2c1N)C1CCC1. The van der Waals surface area contributed by atoms with Crippen LogP contribution in [0.1, 0.15) is 19.3 Å². The Bertz CT molecular complexity index is 516. The quantitative estimate of drug-likeness (QED) is 0.811. The predicted molar refractivity (Wildman–Crippen MR) is 70.1 cm³/mol. The third kappa shape index (κ3) is 1.37. The minimum absolute atomic E-state index is 0.665. The van der Waals surface area contributed by atoms with Gasteiger partial charge in [-0.25, -0.2) is 4.98 Å². The van der Waals surface area contributed by atoms with E-state index in [0.29, 0.717) is 6.04 Å². The minimum atomic E-state index is 0.665. The van der Waals surface area contributed by atoms with Crippen LogP contribution >= 0.6 is 11.3 Å². The van der Waals surface area contributed by atoms with Crippen LogP contribution in [0, 0.1) is 0 Å². The van der Waals surface area contributed by atoms with E-state index in [-0.39, 0.29) is 0 Å². The molecule has 1 aliphatic carbocycles. The molecular formula is C12H15N3S. The second kappa shape index (κ2) is 3.63. The largest absolute Gasteiger partial charge is 0.395 e. The lowest BCUT2D eigenvalue weighted by Crippen LogP contribution is -2.37. The Hall–Kier alpha value is -1.29. The number of nitrogen functional groups attached to an aromatic ring is 1. The topological polar surface area (TPSA) is 42.2 Å². The summed E-state index contributed by atoms with van der Waals surface area (Å²) in [5, 5.41) is 0. The summed E-state index contributed by atoms with van der Waals surface area (Å²) in [5.74, 6) is 0. The van der Waals surface area contributed by atoms with E-state index in [2.05, 4.69) is 29.1 Å². The van der Waals surface area contributed by atoms with E-state index in [1.807, 2.05) is 5.51 Å². The van der Waals surface area contributed by atoms with E-state index in [1.54, 1.807) is 11.3 Å². The summed E-state index contributed by atoms with van der Waals surface area (Å²) in [6.45, 7) is 0. The number of rotatable bonds is 2. The van der Waals surface area contributed by atoms with E-state index in [4.69, 9.17) is 5.73 Å². The van der Waals surface area contributed by atoms with Gasteiger partial charge in [0.1, 0.15) is 5.52 Å². The Morgan fingerprint density at radius 1 is 1.44 bits per heavy atom.